The Balaban J connectivity index is 1.26. The Morgan fingerprint density at radius 2 is 1.76 bits per heavy atom. The van der Waals surface area contributed by atoms with Crippen LogP contribution >= 0.6 is 0 Å². The number of furan rings is 1. The van der Waals surface area contributed by atoms with Crippen molar-refractivity contribution in [3.8, 4) is 0 Å². The Hall–Kier alpha value is -4.20. The van der Waals surface area contributed by atoms with Crippen LogP contribution in [0.25, 0.3) is 11.0 Å². The molecular weight excluding hydrogens is 524 g/mol. The zero-order valence-corrected chi connectivity index (χ0v) is 24.7. The van der Waals surface area contributed by atoms with E-state index < -0.39 is 0 Å². The SMILES string of the molecule is Cc1ccc(C(NC(=O)Cc2ccc3oc(C(c4c(C)noc4C)N4CCNCC4)cc3c2)c2ccccc2)c(C)c1. The van der Waals surface area contributed by atoms with Crippen LogP contribution in [0.15, 0.2) is 81.7 Å². The molecule has 1 fully saturated rings. The molecule has 0 saturated carbocycles. The van der Waals surface area contributed by atoms with E-state index in [1.807, 2.05) is 44.2 Å². The highest BCUT2D eigenvalue weighted by Crippen LogP contribution is 2.36. The molecule has 3 aromatic carbocycles. The number of fused-ring (bicyclic) bond motifs is 1. The van der Waals surface area contributed by atoms with Crippen molar-refractivity contribution in [1.82, 2.24) is 20.7 Å². The summed E-state index contributed by atoms with van der Waals surface area (Å²) >= 11 is 0. The molecule has 7 nitrogen and oxygen atoms in total. The molecule has 1 aliphatic heterocycles. The van der Waals surface area contributed by atoms with Crippen LogP contribution in [0.5, 0.6) is 0 Å². The highest BCUT2D eigenvalue weighted by Gasteiger charge is 2.32. The Labute approximate surface area is 246 Å². The first-order valence-corrected chi connectivity index (χ1v) is 14.7. The molecule has 2 N–H and O–H groups in total. The van der Waals surface area contributed by atoms with Gasteiger partial charge in [-0.3, -0.25) is 9.69 Å². The molecule has 1 aliphatic rings. The third-order valence-electron chi connectivity index (χ3n) is 8.29. The van der Waals surface area contributed by atoms with E-state index in [4.69, 9.17) is 8.94 Å². The van der Waals surface area contributed by atoms with Crippen LogP contribution in [0, 0.1) is 27.7 Å². The number of rotatable bonds is 8. The first-order valence-electron chi connectivity index (χ1n) is 14.7. The van der Waals surface area contributed by atoms with Crippen molar-refractivity contribution in [2.24, 2.45) is 0 Å². The van der Waals surface area contributed by atoms with E-state index in [-0.39, 0.29) is 24.4 Å². The van der Waals surface area contributed by atoms with E-state index in [9.17, 15) is 4.79 Å². The Kier molecular flexibility index (Phi) is 7.96. The summed E-state index contributed by atoms with van der Waals surface area (Å²) in [5.74, 6) is 1.65. The third kappa shape index (κ3) is 5.75. The minimum Gasteiger partial charge on any atom is -0.459 e. The minimum atomic E-state index is -0.224. The second kappa shape index (κ2) is 12.0. The van der Waals surface area contributed by atoms with Gasteiger partial charge < -0.3 is 19.6 Å². The summed E-state index contributed by atoms with van der Waals surface area (Å²) in [5, 5.41) is 12.0. The number of nitrogens with one attached hydrogen (secondary N) is 2. The minimum absolute atomic E-state index is 0.0266. The van der Waals surface area contributed by atoms with Gasteiger partial charge in [-0.15, -0.1) is 0 Å². The lowest BCUT2D eigenvalue weighted by Gasteiger charge is -2.33. The van der Waals surface area contributed by atoms with Gasteiger partial charge in [0.1, 0.15) is 17.1 Å². The highest BCUT2D eigenvalue weighted by atomic mass is 16.5. The maximum absolute atomic E-state index is 13.5. The molecule has 42 heavy (non-hydrogen) atoms. The van der Waals surface area contributed by atoms with Gasteiger partial charge in [0.15, 0.2) is 0 Å². The fraction of sp³-hybridized carbons (Fsp3) is 0.314. The predicted octanol–water partition coefficient (Wildman–Crippen LogP) is 6.10. The number of benzene rings is 3. The van der Waals surface area contributed by atoms with Crippen molar-refractivity contribution in [2.75, 3.05) is 26.2 Å². The molecule has 5 aromatic rings. The summed E-state index contributed by atoms with van der Waals surface area (Å²) in [4.78, 5) is 15.9. The molecule has 6 rings (SSSR count). The van der Waals surface area contributed by atoms with Gasteiger partial charge in [0.05, 0.1) is 24.2 Å². The Bertz CT molecular complexity index is 1680. The molecule has 216 valence electrons. The van der Waals surface area contributed by atoms with Gasteiger partial charge in [-0.25, -0.2) is 0 Å². The van der Waals surface area contributed by atoms with E-state index in [0.29, 0.717) is 0 Å². The third-order valence-corrected chi connectivity index (χ3v) is 8.29. The molecule has 3 heterocycles. The van der Waals surface area contributed by atoms with Crippen molar-refractivity contribution in [2.45, 2.75) is 46.2 Å². The van der Waals surface area contributed by atoms with Crippen molar-refractivity contribution >= 4 is 16.9 Å². The number of hydrogen-bond donors (Lipinski definition) is 2. The van der Waals surface area contributed by atoms with Gasteiger partial charge in [-0.1, -0.05) is 65.3 Å². The highest BCUT2D eigenvalue weighted by molar-refractivity contribution is 5.83. The first-order chi connectivity index (χ1) is 20.4. The molecule has 1 amide bonds. The van der Waals surface area contributed by atoms with E-state index in [1.165, 1.54) is 5.56 Å². The number of amides is 1. The number of aromatic nitrogens is 1. The molecule has 2 unspecified atom stereocenters. The normalized spacial score (nSPS) is 15.5. The topological polar surface area (TPSA) is 83.5 Å². The molecule has 1 saturated heterocycles. The van der Waals surface area contributed by atoms with Crippen LogP contribution in [0.3, 0.4) is 0 Å². The lowest BCUT2D eigenvalue weighted by Crippen LogP contribution is -2.45. The van der Waals surface area contributed by atoms with Gasteiger partial charge in [-0.05, 0) is 68.1 Å². The maximum atomic E-state index is 13.5. The fourth-order valence-electron chi connectivity index (χ4n) is 6.22. The van der Waals surface area contributed by atoms with Crippen LogP contribution in [0.1, 0.15) is 62.7 Å². The number of aryl methyl sites for hydroxylation is 4. The second-order valence-electron chi connectivity index (χ2n) is 11.4. The van der Waals surface area contributed by atoms with Crippen LogP contribution in [0.4, 0.5) is 0 Å². The van der Waals surface area contributed by atoms with Gasteiger partial charge in [-0.2, -0.15) is 0 Å². The molecule has 0 radical (unpaired) electrons. The molecule has 2 atom stereocenters. The van der Waals surface area contributed by atoms with E-state index in [2.05, 4.69) is 77.0 Å². The van der Waals surface area contributed by atoms with E-state index >= 15 is 0 Å². The number of carbonyl (C=O) groups excluding carboxylic acids is 1. The Morgan fingerprint density at radius 3 is 2.48 bits per heavy atom. The van der Waals surface area contributed by atoms with Gasteiger partial charge in [0.25, 0.3) is 0 Å². The summed E-state index contributed by atoms with van der Waals surface area (Å²) in [7, 11) is 0. The van der Waals surface area contributed by atoms with Crippen LogP contribution < -0.4 is 10.6 Å². The molecule has 0 bridgehead atoms. The molecule has 0 aliphatic carbocycles. The zero-order valence-electron chi connectivity index (χ0n) is 24.7. The molecule has 7 heteroatoms. The monoisotopic (exact) mass is 562 g/mol. The van der Waals surface area contributed by atoms with Crippen molar-refractivity contribution < 1.29 is 13.7 Å². The zero-order chi connectivity index (χ0) is 29.2. The molecular formula is C35H38N4O3. The average Bonchev–Trinajstić information content (AvgIpc) is 3.55. The Morgan fingerprint density at radius 1 is 0.976 bits per heavy atom. The van der Waals surface area contributed by atoms with E-state index in [0.717, 1.165) is 82.2 Å². The summed E-state index contributed by atoms with van der Waals surface area (Å²) < 4.78 is 12.0. The summed E-state index contributed by atoms with van der Waals surface area (Å²) in [5.41, 5.74) is 8.22. The lowest BCUT2D eigenvalue weighted by atomic mass is 9.93. The van der Waals surface area contributed by atoms with Gasteiger partial charge >= 0.3 is 0 Å². The number of carbonyl (C=O) groups is 1. The lowest BCUT2D eigenvalue weighted by molar-refractivity contribution is -0.120. The molecule has 0 spiro atoms. The van der Waals surface area contributed by atoms with Gasteiger partial charge in [0, 0.05) is 37.1 Å². The van der Waals surface area contributed by atoms with E-state index in [1.54, 1.807) is 0 Å². The van der Waals surface area contributed by atoms with Crippen molar-refractivity contribution in [3.63, 3.8) is 0 Å². The number of piperazine rings is 1. The smallest absolute Gasteiger partial charge is 0.225 e. The summed E-state index contributed by atoms with van der Waals surface area (Å²) in [6, 6.07) is 24.4. The largest absolute Gasteiger partial charge is 0.459 e. The predicted molar refractivity (Wildman–Crippen MR) is 165 cm³/mol. The number of hydrogen-bond acceptors (Lipinski definition) is 6. The summed E-state index contributed by atoms with van der Waals surface area (Å²) in [6.45, 7) is 11.8. The fourth-order valence-corrected chi connectivity index (χ4v) is 6.22. The van der Waals surface area contributed by atoms with Crippen LogP contribution in [-0.2, 0) is 11.2 Å². The van der Waals surface area contributed by atoms with Crippen LogP contribution in [-0.4, -0.2) is 42.1 Å². The molecule has 2 aromatic heterocycles. The standard InChI is InChI=1S/C35H38N4O3/c1-22-10-12-29(23(2)18-22)34(27-8-6-5-7-9-27)37-32(40)20-26-11-13-30-28(19-26)21-31(41-30)35(39-16-14-36-15-17-39)33-24(3)38-42-25(33)4/h5-13,18-19,21,34-36H,14-17,20H2,1-4H3,(H,37,40). The van der Waals surface area contributed by atoms with Crippen molar-refractivity contribution in [3.05, 3.63) is 123 Å². The number of nitrogens with zero attached hydrogens (tertiary/aromatic N) is 2. The first kappa shape index (κ1) is 27.9. The summed E-state index contributed by atoms with van der Waals surface area (Å²) in [6.07, 6.45) is 0.274. The quantitative estimate of drug-likeness (QED) is 0.238. The van der Waals surface area contributed by atoms with Crippen LogP contribution in [0.2, 0.25) is 0 Å². The van der Waals surface area contributed by atoms with Crippen molar-refractivity contribution in [1.29, 1.82) is 0 Å². The average molecular weight is 563 g/mol. The maximum Gasteiger partial charge on any atom is 0.225 e. The van der Waals surface area contributed by atoms with Gasteiger partial charge in [0.2, 0.25) is 5.91 Å². The second-order valence-corrected chi connectivity index (χ2v) is 11.4.